The van der Waals surface area contributed by atoms with Crippen molar-refractivity contribution in [1.82, 2.24) is 10.2 Å². The van der Waals surface area contributed by atoms with Crippen LogP contribution in [0.1, 0.15) is 47.0 Å². The predicted octanol–water partition coefficient (Wildman–Crippen LogP) is 2.14. The molecule has 4 nitrogen and oxygen atoms in total. The molecule has 2 fully saturated rings. The number of hydrogen-bond acceptors (Lipinski definition) is 3. The molecule has 0 aromatic carbocycles. The van der Waals surface area contributed by atoms with Crippen LogP contribution in [0.4, 0.5) is 4.79 Å². The standard InChI is InChI=1S/C13H24N2O2/c1-5-13-7-6-10(8-14-9-13)15(13)11(16)17-12(2,3)4/h10,14H,5-9H2,1-4H3/t10-,13+/m0/s1. The molecule has 0 saturated carbocycles. The smallest absolute Gasteiger partial charge is 0.411 e. The molecule has 0 unspecified atom stereocenters. The number of rotatable bonds is 1. The van der Waals surface area contributed by atoms with Crippen molar-refractivity contribution in [2.75, 3.05) is 13.1 Å². The third-order valence-corrected chi connectivity index (χ3v) is 3.90. The molecule has 0 aromatic heterocycles. The van der Waals surface area contributed by atoms with E-state index < -0.39 is 5.60 Å². The zero-order valence-electron chi connectivity index (χ0n) is 11.4. The summed E-state index contributed by atoms with van der Waals surface area (Å²) in [7, 11) is 0. The van der Waals surface area contributed by atoms with Gasteiger partial charge in [-0.1, -0.05) is 6.92 Å². The lowest BCUT2D eigenvalue weighted by atomic mass is 9.93. The van der Waals surface area contributed by atoms with Crippen LogP contribution in [0.25, 0.3) is 0 Å². The van der Waals surface area contributed by atoms with Crippen molar-refractivity contribution >= 4 is 6.09 Å². The van der Waals surface area contributed by atoms with E-state index in [4.69, 9.17) is 4.74 Å². The van der Waals surface area contributed by atoms with Gasteiger partial charge in [0.2, 0.25) is 0 Å². The number of amides is 1. The average molecular weight is 240 g/mol. The maximum atomic E-state index is 12.3. The highest BCUT2D eigenvalue weighted by molar-refractivity contribution is 5.70. The molecule has 2 rings (SSSR count). The highest BCUT2D eigenvalue weighted by Crippen LogP contribution is 2.39. The number of carbonyl (C=O) groups excluding carboxylic acids is 1. The Labute approximate surface area is 104 Å². The summed E-state index contributed by atoms with van der Waals surface area (Å²) in [6.45, 7) is 9.74. The lowest BCUT2D eigenvalue weighted by molar-refractivity contribution is -0.0110. The van der Waals surface area contributed by atoms with Gasteiger partial charge in [-0.15, -0.1) is 0 Å². The van der Waals surface area contributed by atoms with E-state index >= 15 is 0 Å². The Kier molecular flexibility index (Phi) is 3.10. The van der Waals surface area contributed by atoms with Crippen LogP contribution in [-0.4, -0.2) is 41.3 Å². The van der Waals surface area contributed by atoms with Gasteiger partial charge >= 0.3 is 6.09 Å². The van der Waals surface area contributed by atoms with Crippen molar-refractivity contribution < 1.29 is 9.53 Å². The van der Waals surface area contributed by atoms with Crippen LogP contribution < -0.4 is 5.32 Å². The van der Waals surface area contributed by atoms with Gasteiger partial charge in [0.1, 0.15) is 5.60 Å². The van der Waals surface area contributed by atoms with Gasteiger partial charge in [-0.25, -0.2) is 4.79 Å². The van der Waals surface area contributed by atoms with Gasteiger partial charge in [0.15, 0.2) is 0 Å². The number of ether oxygens (including phenoxy) is 1. The number of nitrogens with zero attached hydrogens (tertiary/aromatic N) is 1. The second-order valence-corrected chi connectivity index (χ2v) is 6.25. The largest absolute Gasteiger partial charge is 0.444 e. The van der Waals surface area contributed by atoms with Crippen LogP contribution >= 0.6 is 0 Å². The third kappa shape index (κ3) is 2.28. The first-order chi connectivity index (χ1) is 7.88. The van der Waals surface area contributed by atoms with E-state index in [-0.39, 0.29) is 11.6 Å². The Morgan fingerprint density at radius 1 is 1.53 bits per heavy atom. The van der Waals surface area contributed by atoms with E-state index in [1.807, 2.05) is 25.7 Å². The summed E-state index contributed by atoms with van der Waals surface area (Å²) in [6.07, 6.45) is 3.05. The monoisotopic (exact) mass is 240 g/mol. The Bertz CT molecular complexity index is 307. The van der Waals surface area contributed by atoms with Crippen molar-refractivity contribution in [3.05, 3.63) is 0 Å². The summed E-state index contributed by atoms with van der Waals surface area (Å²) in [5, 5.41) is 3.44. The fourth-order valence-electron chi connectivity index (χ4n) is 3.04. The van der Waals surface area contributed by atoms with E-state index in [1.54, 1.807) is 0 Å². The van der Waals surface area contributed by atoms with Crippen LogP contribution in [0.5, 0.6) is 0 Å². The van der Waals surface area contributed by atoms with Gasteiger partial charge in [-0.2, -0.15) is 0 Å². The molecule has 0 spiro atoms. The molecule has 2 atom stereocenters. The van der Waals surface area contributed by atoms with E-state index in [0.717, 1.165) is 32.4 Å². The van der Waals surface area contributed by atoms with Crippen molar-refractivity contribution in [2.24, 2.45) is 0 Å². The number of nitrogens with one attached hydrogen (secondary N) is 1. The SMILES string of the molecule is CC[C@@]12CC[C@@H](CNC1)N2C(=O)OC(C)(C)C. The molecule has 1 amide bonds. The average Bonchev–Trinajstić information content (AvgIpc) is 2.44. The van der Waals surface area contributed by atoms with Crippen LogP contribution in [0.3, 0.4) is 0 Å². The first kappa shape index (κ1) is 12.7. The Hall–Kier alpha value is -0.770. The van der Waals surface area contributed by atoms with Crippen LogP contribution in [0, 0.1) is 0 Å². The quantitative estimate of drug-likeness (QED) is 0.763. The van der Waals surface area contributed by atoms with Crippen molar-refractivity contribution in [3.8, 4) is 0 Å². The van der Waals surface area contributed by atoms with Crippen LogP contribution in [-0.2, 0) is 4.74 Å². The lowest BCUT2D eigenvalue weighted by Gasteiger charge is -2.44. The predicted molar refractivity (Wildman–Crippen MR) is 67.0 cm³/mol. The van der Waals surface area contributed by atoms with Gasteiger partial charge < -0.3 is 10.1 Å². The van der Waals surface area contributed by atoms with E-state index in [9.17, 15) is 4.79 Å². The maximum absolute atomic E-state index is 12.3. The normalized spacial score (nSPS) is 32.7. The molecule has 2 aliphatic rings. The minimum atomic E-state index is -0.406. The lowest BCUT2D eigenvalue weighted by Crippen LogP contribution is -2.62. The number of fused-ring (bicyclic) bond motifs is 2. The summed E-state index contributed by atoms with van der Waals surface area (Å²) < 4.78 is 5.54. The summed E-state index contributed by atoms with van der Waals surface area (Å²) in [6, 6.07) is 0.318. The fraction of sp³-hybridized carbons (Fsp3) is 0.923. The maximum Gasteiger partial charge on any atom is 0.411 e. The molecule has 98 valence electrons. The highest BCUT2D eigenvalue weighted by atomic mass is 16.6. The minimum absolute atomic E-state index is 0.00868. The third-order valence-electron chi connectivity index (χ3n) is 3.90. The molecular weight excluding hydrogens is 216 g/mol. The first-order valence-electron chi connectivity index (χ1n) is 6.61. The van der Waals surface area contributed by atoms with Gasteiger partial charge in [0.25, 0.3) is 0 Å². The summed E-state index contributed by atoms with van der Waals surface area (Å²) >= 11 is 0. The van der Waals surface area contributed by atoms with Crippen molar-refractivity contribution in [2.45, 2.75) is 64.1 Å². The molecule has 4 heteroatoms. The Morgan fingerprint density at radius 2 is 2.24 bits per heavy atom. The minimum Gasteiger partial charge on any atom is -0.444 e. The molecule has 2 aliphatic heterocycles. The Balaban J connectivity index is 2.16. The van der Waals surface area contributed by atoms with E-state index in [0.29, 0.717) is 6.04 Å². The summed E-state index contributed by atoms with van der Waals surface area (Å²) in [5.74, 6) is 0. The second-order valence-electron chi connectivity index (χ2n) is 6.25. The van der Waals surface area contributed by atoms with Gasteiger partial charge in [-0.05, 0) is 40.0 Å². The van der Waals surface area contributed by atoms with E-state index in [1.165, 1.54) is 0 Å². The van der Waals surface area contributed by atoms with Crippen molar-refractivity contribution in [3.63, 3.8) is 0 Å². The number of piperazine rings is 1. The molecule has 0 aliphatic carbocycles. The van der Waals surface area contributed by atoms with Crippen molar-refractivity contribution in [1.29, 1.82) is 0 Å². The van der Waals surface area contributed by atoms with Crippen LogP contribution in [0.2, 0.25) is 0 Å². The second kappa shape index (κ2) is 4.16. The molecule has 2 bridgehead atoms. The molecule has 0 radical (unpaired) electrons. The van der Waals surface area contributed by atoms with Crippen LogP contribution in [0.15, 0.2) is 0 Å². The molecule has 1 N–H and O–H groups in total. The van der Waals surface area contributed by atoms with Gasteiger partial charge in [0.05, 0.1) is 5.54 Å². The molecular formula is C13H24N2O2. The fourth-order valence-corrected chi connectivity index (χ4v) is 3.04. The number of carbonyl (C=O) groups is 1. The first-order valence-corrected chi connectivity index (χ1v) is 6.61. The molecule has 2 heterocycles. The summed E-state index contributed by atoms with van der Waals surface area (Å²) in [5.41, 5.74) is -0.415. The summed E-state index contributed by atoms with van der Waals surface area (Å²) in [4.78, 5) is 14.3. The van der Waals surface area contributed by atoms with E-state index in [2.05, 4.69) is 12.2 Å². The number of hydrogen-bond donors (Lipinski definition) is 1. The Morgan fingerprint density at radius 3 is 2.82 bits per heavy atom. The van der Waals surface area contributed by atoms with Gasteiger partial charge in [-0.3, -0.25) is 4.90 Å². The molecule has 0 aromatic rings. The zero-order chi connectivity index (χ0) is 12.7. The van der Waals surface area contributed by atoms with Gasteiger partial charge in [0, 0.05) is 19.1 Å². The zero-order valence-corrected chi connectivity index (χ0v) is 11.4. The highest BCUT2D eigenvalue weighted by Gasteiger charge is 2.51. The molecule has 2 saturated heterocycles. The molecule has 17 heavy (non-hydrogen) atoms. The topological polar surface area (TPSA) is 41.6 Å².